The first-order chi connectivity index (χ1) is 11.7. The molecule has 0 saturated heterocycles. The average Bonchev–Trinajstić information content (AvgIpc) is 3.13. The van der Waals surface area contributed by atoms with Crippen LogP contribution in [0.2, 0.25) is 0 Å². The number of para-hydroxylation sites is 1. The number of thioether (sulfide) groups is 2. The summed E-state index contributed by atoms with van der Waals surface area (Å²) in [6, 6.07) is 8.04. The van der Waals surface area contributed by atoms with Crippen molar-refractivity contribution in [2.24, 2.45) is 10.1 Å². The van der Waals surface area contributed by atoms with Gasteiger partial charge < -0.3 is 4.90 Å². The highest BCUT2D eigenvalue weighted by Crippen LogP contribution is 2.32. The maximum Gasteiger partial charge on any atom is 0.248 e. The minimum Gasteiger partial charge on any atom is -0.311 e. The van der Waals surface area contributed by atoms with Crippen molar-refractivity contribution in [2.45, 2.75) is 19.3 Å². The van der Waals surface area contributed by atoms with Crippen molar-refractivity contribution in [3.05, 3.63) is 29.8 Å². The van der Waals surface area contributed by atoms with Crippen LogP contribution in [0, 0.1) is 0 Å². The zero-order valence-corrected chi connectivity index (χ0v) is 14.6. The molecule has 0 aromatic heterocycles. The molecule has 0 bridgehead atoms. The fourth-order valence-corrected chi connectivity index (χ4v) is 4.79. The van der Waals surface area contributed by atoms with Crippen LogP contribution in [0.3, 0.4) is 0 Å². The van der Waals surface area contributed by atoms with Gasteiger partial charge in [-0.2, -0.15) is 10.1 Å². The summed E-state index contributed by atoms with van der Waals surface area (Å²) < 4.78 is 0.782. The number of amidine groups is 1. The van der Waals surface area contributed by atoms with Gasteiger partial charge in [0.05, 0.1) is 5.75 Å². The Bertz CT molecular complexity index is 762. The van der Waals surface area contributed by atoms with E-state index in [0.29, 0.717) is 23.9 Å². The summed E-state index contributed by atoms with van der Waals surface area (Å²) in [6.07, 6.45) is 2.15. The van der Waals surface area contributed by atoms with Gasteiger partial charge in [0.1, 0.15) is 0 Å². The smallest absolute Gasteiger partial charge is 0.248 e. The summed E-state index contributed by atoms with van der Waals surface area (Å²) in [5.41, 5.74) is 2.25. The van der Waals surface area contributed by atoms with Gasteiger partial charge in [-0.05, 0) is 36.2 Å². The largest absolute Gasteiger partial charge is 0.311 e. The number of benzene rings is 1. The molecule has 24 heavy (non-hydrogen) atoms. The van der Waals surface area contributed by atoms with Crippen molar-refractivity contribution >= 4 is 50.6 Å². The molecule has 1 aromatic carbocycles. The van der Waals surface area contributed by atoms with E-state index < -0.39 is 0 Å². The van der Waals surface area contributed by atoms with Crippen LogP contribution in [-0.4, -0.2) is 45.2 Å². The Morgan fingerprint density at radius 1 is 1.25 bits per heavy atom. The Hall–Kier alpha value is -1.80. The summed E-state index contributed by atoms with van der Waals surface area (Å²) in [7, 11) is 0. The van der Waals surface area contributed by atoms with Gasteiger partial charge >= 0.3 is 0 Å². The van der Waals surface area contributed by atoms with Crippen LogP contribution >= 0.6 is 23.5 Å². The minimum absolute atomic E-state index is 0.0911. The third-order valence-corrected chi connectivity index (χ3v) is 6.15. The highest BCUT2D eigenvalue weighted by Gasteiger charge is 2.29. The molecule has 0 saturated carbocycles. The van der Waals surface area contributed by atoms with E-state index >= 15 is 0 Å². The van der Waals surface area contributed by atoms with Crippen LogP contribution in [0.15, 0.2) is 34.4 Å². The number of anilines is 1. The number of aliphatic imine (C=N–C) groups is 1. The minimum atomic E-state index is -0.0915. The molecule has 124 valence electrons. The molecule has 2 amide bonds. The topological polar surface area (TPSA) is 65.3 Å². The highest BCUT2D eigenvalue weighted by molar-refractivity contribution is 8.45. The normalized spacial score (nSPS) is 19.6. The fourth-order valence-electron chi connectivity index (χ4n) is 2.92. The Morgan fingerprint density at radius 2 is 2.12 bits per heavy atom. The predicted molar refractivity (Wildman–Crippen MR) is 98.4 cm³/mol. The SMILES string of the molecule is O=C1CCCN2N=C(SCC(=O)N3CCc4ccccc43)SC2=N1. The summed E-state index contributed by atoms with van der Waals surface area (Å²) in [6.45, 7) is 1.45. The van der Waals surface area contributed by atoms with Gasteiger partial charge in [0.2, 0.25) is 11.8 Å². The number of fused-ring (bicyclic) bond motifs is 2. The second kappa shape index (κ2) is 6.60. The number of amides is 2. The molecular weight excluding hydrogens is 344 g/mol. The zero-order valence-electron chi connectivity index (χ0n) is 13.0. The molecule has 3 aliphatic rings. The number of carbonyl (C=O) groups is 2. The monoisotopic (exact) mass is 360 g/mol. The highest BCUT2D eigenvalue weighted by atomic mass is 32.2. The summed E-state index contributed by atoms with van der Waals surface area (Å²) in [5, 5.41) is 6.88. The average molecular weight is 360 g/mol. The van der Waals surface area contributed by atoms with Gasteiger partial charge in [-0.3, -0.25) is 9.59 Å². The van der Waals surface area contributed by atoms with Gasteiger partial charge in [0.25, 0.3) is 0 Å². The summed E-state index contributed by atoms with van der Waals surface area (Å²) in [5.74, 6) is 0.342. The van der Waals surface area contributed by atoms with E-state index in [9.17, 15) is 9.59 Å². The second-order valence-electron chi connectivity index (χ2n) is 5.70. The van der Waals surface area contributed by atoms with Crippen molar-refractivity contribution in [3.8, 4) is 0 Å². The Morgan fingerprint density at radius 3 is 3.04 bits per heavy atom. The van der Waals surface area contributed by atoms with Gasteiger partial charge in [-0.15, -0.1) is 0 Å². The van der Waals surface area contributed by atoms with Crippen LogP contribution in [0.1, 0.15) is 18.4 Å². The molecule has 0 unspecified atom stereocenters. The molecule has 0 atom stereocenters. The first-order valence-corrected chi connectivity index (χ1v) is 9.67. The second-order valence-corrected chi connectivity index (χ2v) is 7.87. The van der Waals surface area contributed by atoms with E-state index in [4.69, 9.17) is 0 Å². The molecule has 0 N–H and O–H groups in total. The number of rotatable bonds is 2. The van der Waals surface area contributed by atoms with Crippen molar-refractivity contribution in [1.29, 1.82) is 0 Å². The molecule has 4 rings (SSSR count). The predicted octanol–water partition coefficient (Wildman–Crippen LogP) is 2.31. The molecule has 0 fully saturated rings. The first-order valence-electron chi connectivity index (χ1n) is 7.87. The van der Waals surface area contributed by atoms with Crippen LogP contribution in [0.5, 0.6) is 0 Å². The zero-order chi connectivity index (χ0) is 16.5. The van der Waals surface area contributed by atoms with Gasteiger partial charge in [0, 0.05) is 25.2 Å². The van der Waals surface area contributed by atoms with Gasteiger partial charge in [-0.25, -0.2) is 5.01 Å². The standard InChI is InChI=1S/C16H16N4O2S2/c21-13-6-3-8-20-15(17-13)24-16(18-20)23-10-14(22)19-9-7-11-4-1-2-5-12(11)19/h1-2,4-5H,3,6-10H2. The van der Waals surface area contributed by atoms with Crippen LogP contribution < -0.4 is 4.90 Å². The van der Waals surface area contributed by atoms with Crippen LogP contribution in [0.25, 0.3) is 0 Å². The Balaban J connectivity index is 1.38. The molecule has 6 nitrogen and oxygen atoms in total. The lowest BCUT2D eigenvalue weighted by atomic mass is 10.2. The molecule has 1 aromatic rings. The molecule has 0 radical (unpaired) electrons. The van der Waals surface area contributed by atoms with E-state index in [-0.39, 0.29) is 11.8 Å². The lowest BCUT2D eigenvalue weighted by Gasteiger charge is -2.16. The molecule has 3 aliphatic heterocycles. The van der Waals surface area contributed by atoms with E-state index in [0.717, 1.165) is 29.4 Å². The fraction of sp³-hybridized carbons (Fsp3) is 0.375. The van der Waals surface area contributed by atoms with Crippen molar-refractivity contribution in [1.82, 2.24) is 5.01 Å². The van der Waals surface area contributed by atoms with Crippen molar-refractivity contribution in [2.75, 3.05) is 23.7 Å². The van der Waals surface area contributed by atoms with Gasteiger partial charge in [0.15, 0.2) is 9.54 Å². The molecule has 8 heteroatoms. The van der Waals surface area contributed by atoms with Crippen molar-refractivity contribution < 1.29 is 9.59 Å². The van der Waals surface area contributed by atoms with E-state index in [1.54, 1.807) is 5.01 Å². The number of carbonyl (C=O) groups excluding carboxylic acids is 2. The third-order valence-electron chi connectivity index (χ3n) is 4.09. The lowest BCUT2D eigenvalue weighted by molar-refractivity contribution is -0.118. The Kier molecular flexibility index (Phi) is 4.32. The Labute approximate surface area is 148 Å². The molecule has 0 aliphatic carbocycles. The molecular formula is C16H16N4O2S2. The number of hydrogen-bond donors (Lipinski definition) is 0. The van der Waals surface area contributed by atoms with Crippen LogP contribution in [-0.2, 0) is 16.0 Å². The molecule has 3 heterocycles. The lowest BCUT2D eigenvalue weighted by Crippen LogP contribution is -2.30. The summed E-state index contributed by atoms with van der Waals surface area (Å²) in [4.78, 5) is 30.0. The maximum atomic E-state index is 12.5. The molecule has 0 spiro atoms. The number of hydrogen-bond acceptors (Lipinski definition) is 6. The van der Waals surface area contributed by atoms with E-state index in [2.05, 4.69) is 16.2 Å². The van der Waals surface area contributed by atoms with E-state index in [1.807, 2.05) is 23.1 Å². The number of nitrogens with zero attached hydrogens (tertiary/aromatic N) is 4. The number of hydrazone groups is 1. The quantitative estimate of drug-likeness (QED) is 0.810. The van der Waals surface area contributed by atoms with Gasteiger partial charge in [-0.1, -0.05) is 30.0 Å². The summed E-state index contributed by atoms with van der Waals surface area (Å²) >= 11 is 2.79. The maximum absolute atomic E-state index is 12.5. The van der Waals surface area contributed by atoms with E-state index in [1.165, 1.54) is 29.1 Å². The first kappa shape index (κ1) is 15.7. The van der Waals surface area contributed by atoms with Crippen molar-refractivity contribution in [3.63, 3.8) is 0 Å². The van der Waals surface area contributed by atoms with Crippen LogP contribution in [0.4, 0.5) is 5.69 Å². The third kappa shape index (κ3) is 3.08.